The molecule has 0 aromatic rings. The van der Waals surface area contributed by atoms with Crippen LogP contribution in [-0.2, 0) is 0 Å². The number of nitrogens with zero attached hydrogens (tertiary/aromatic N) is 5. The van der Waals surface area contributed by atoms with Gasteiger partial charge < -0.3 is 9.80 Å². The Labute approximate surface area is 156 Å². The fraction of sp³-hybridized carbons (Fsp3) is 1.00. The van der Waals surface area contributed by atoms with Crippen molar-refractivity contribution in [3.63, 3.8) is 0 Å². The molecule has 0 aromatic heterocycles. The van der Waals surface area contributed by atoms with Crippen LogP contribution in [0.2, 0.25) is 0 Å². The van der Waals surface area contributed by atoms with E-state index in [1.165, 1.54) is 91.1 Å². The van der Waals surface area contributed by atoms with Crippen molar-refractivity contribution in [3.05, 3.63) is 0 Å². The van der Waals surface area contributed by atoms with Crippen LogP contribution >= 0.6 is 0 Å². The van der Waals surface area contributed by atoms with E-state index in [0.29, 0.717) is 0 Å². The van der Waals surface area contributed by atoms with E-state index in [0.717, 1.165) is 26.2 Å². The molecule has 0 N–H and O–H groups in total. The van der Waals surface area contributed by atoms with E-state index >= 15 is 0 Å². The predicted molar refractivity (Wildman–Crippen MR) is 107 cm³/mol. The summed E-state index contributed by atoms with van der Waals surface area (Å²) in [6.45, 7) is 21.5. The van der Waals surface area contributed by atoms with E-state index in [9.17, 15) is 0 Å². The van der Waals surface area contributed by atoms with Crippen molar-refractivity contribution in [2.45, 2.75) is 39.5 Å². The van der Waals surface area contributed by atoms with Gasteiger partial charge in [-0.05, 0) is 25.9 Å². The maximum atomic E-state index is 4.79. The zero-order valence-corrected chi connectivity index (χ0v) is 17.0. The topological polar surface area (TPSA) is 27.1 Å². The van der Waals surface area contributed by atoms with Gasteiger partial charge >= 0.3 is 0 Å². The van der Waals surface area contributed by atoms with Crippen LogP contribution in [0.5, 0.6) is 0 Å². The summed E-state index contributed by atoms with van der Waals surface area (Å²) in [7, 11) is 0. The summed E-state index contributed by atoms with van der Waals surface area (Å²) >= 11 is 0. The first kappa shape index (κ1) is 21.1. The van der Waals surface area contributed by atoms with Crippen LogP contribution in [0, 0.1) is 0 Å². The smallest absolute Gasteiger partial charge is 0.0261 e. The largest absolute Gasteiger partial charge is 0.301 e. The SMILES string of the molecule is CCCCN1CCN(CC[N]CCN2CCN(CCCC)CC2)CC1. The molecule has 2 saturated heterocycles. The lowest BCUT2D eigenvalue weighted by molar-refractivity contribution is 0.125. The second-order valence-corrected chi connectivity index (χ2v) is 7.74. The van der Waals surface area contributed by atoms with Gasteiger partial charge in [-0.25, -0.2) is 5.32 Å². The molecule has 0 bridgehead atoms. The first-order valence-corrected chi connectivity index (χ1v) is 10.8. The van der Waals surface area contributed by atoms with Crippen LogP contribution in [-0.4, -0.2) is 111 Å². The summed E-state index contributed by atoms with van der Waals surface area (Å²) < 4.78 is 0. The lowest BCUT2D eigenvalue weighted by atomic mass is 10.2. The molecule has 2 rings (SSSR count). The van der Waals surface area contributed by atoms with Crippen molar-refractivity contribution in [2.75, 3.05) is 91.6 Å². The molecule has 2 aliphatic rings. The van der Waals surface area contributed by atoms with Crippen LogP contribution in [0.1, 0.15) is 39.5 Å². The molecule has 0 atom stereocenters. The third-order valence-electron chi connectivity index (χ3n) is 5.73. The van der Waals surface area contributed by atoms with Crippen molar-refractivity contribution in [1.29, 1.82) is 0 Å². The van der Waals surface area contributed by atoms with Gasteiger partial charge in [0.25, 0.3) is 0 Å². The Hall–Kier alpha value is -0.200. The first-order valence-electron chi connectivity index (χ1n) is 10.8. The summed E-state index contributed by atoms with van der Waals surface area (Å²) in [4.78, 5) is 10.4. The van der Waals surface area contributed by atoms with E-state index in [1.54, 1.807) is 0 Å². The van der Waals surface area contributed by atoms with E-state index in [1.807, 2.05) is 0 Å². The zero-order chi connectivity index (χ0) is 17.7. The molecule has 0 spiro atoms. The third-order valence-corrected chi connectivity index (χ3v) is 5.73. The van der Waals surface area contributed by atoms with Crippen molar-refractivity contribution in [2.24, 2.45) is 0 Å². The van der Waals surface area contributed by atoms with Crippen molar-refractivity contribution in [1.82, 2.24) is 24.9 Å². The van der Waals surface area contributed by atoms with Crippen molar-refractivity contribution < 1.29 is 0 Å². The fourth-order valence-corrected chi connectivity index (χ4v) is 3.77. The van der Waals surface area contributed by atoms with E-state index in [4.69, 9.17) is 5.32 Å². The molecule has 2 aliphatic heterocycles. The van der Waals surface area contributed by atoms with Gasteiger partial charge in [0.05, 0.1) is 0 Å². The van der Waals surface area contributed by atoms with Crippen molar-refractivity contribution in [3.8, 4) is 0 Å². The van der Waals surface area contributed by atoms with Gasteiger partial charge in [0, 0.05) is 78.5 Å². The average Bonchev–Trinajstić information content (AvgIpc) is 2.66. The maximum Gasteiger partial charge on any atom is 0.0261 e. The molecule has 0 saturated carbocycles. The van der Waals surface area contributed by atoms with Crippen LogP contribution < -0.4 is 5.32 Å². The molecule has 2 fully saturated rings. The van der Waals surface area contributed by atoms with E-state index in [-0.39, 0.29) is 0 Å². The number of hydrogen-bond acceptors (Lipinski definition) is 4. The number of hydrogen-bond donors (Lipinski definition) is 0. The minimum absolute atomic E-state index is 1.02. The molecule has 0 unspecified atom stereocenters. The molecule has 0 amide bonds. The van der Waals surface area contributed by atoms with Gasteiger partial charge in [0.2, 0.25) is 0 Å². The minimum atomic E-state index is 1.02. The van der Waals surface area contributed by atoms with Crippen molar-refractivity contribution >= 4 is 0 Å². The lowest BCUT2D eigenvalue weighted by Gasteiger charge is -2.35. The van der Waals surface area contributed by atoms with Crippen LogP contribution in [0.4, 0.5) is 0 Å². The monoisotopic (exact) mass is 352 g/mol. The molecule has 147 valence electrons. The van der Waals surface area contributed by atoms with Gasteiger partial charge in [0.1, 0.15) is 0 Å². The highest BCUT2D eigenvalue weighted by molar-refractivity contribution is 4.74. The zero-order valence-electron chi connectivity index (χ0n) is 17.0. The predicted octanol–water partition coefficient (Wildman–Crippen LogP) is 1.43. The van der Waals surface area contributed by atoms with Gasteiger partial charge in [-0.1, -0.05) is 26.7 Å². The fourth-order valence-electron chi connectivity index (χ4n) is 3.77. The highest BCUT2D eigenvalue weighted by Crippen LogP contribution is 2.04. The highest BCUT2D eigenvalue weighted by Gasteiger charge is 2.17. The summed E-state index contributed by atoms with van der Waals surface area (Å²) in [6, 6.07) is 0. The van der Waals surface area contributed by atoms with E-state index < -0.39 is 0 Å². The molecule has 0 aliphatic carbocycles. The maximum absolute atomic E-state index is 4.79. The van der Waals surface area contributed by atoms with Crippen LogP contribution in [0.15, 0.2) is 0 Å². The Balaban J connectivity index is 1.42. The molecule has 25 heavy (non-hydrogen) atoms. The highest BCUT2D eigenvalue weighted by atomic mass is 15.3. The Bertz CT molecular complexity index is 279. The first-order chi connectivity index (χ1) is 12.3. The molecule has 2 heterocycles. The molecule has 5 heteroatoms. The number of unbranched alkanes of at least 4 members (excludes halogenated alkanes) is 2. The molecule has 1 radical (unpaired) electrons. The molecular weight excluding hydrogens is 310 g/mol. The number of rotatable bonds is 12. The van der Waals surface area contributed by atoms with Crippen LogP contribution in [0.25, 0.3) is 0 Å². The summed E-state index contributed by atoms with van der Waals surface area (Å²) in [5.74, 6) is 0. The number of piperazine rings is 2. The Morgan fingerprint density at radius 3 is 1.16 bits per heavy atom. The Kier molecular flexibility index (Phi) is 11.0. The second kappa shape index (κ2) is 13.0. The lowest BCUT2D eigenvalue weighted by Crippen LogP contribution is -2.49. The molecule has 5 nitrogen and oxygen atoms in total. The van der Waals surface area contributed by atoms with E-state index in [2.05, 4.69) is 33.4 Å². The van der Waals surface area contributed by atoms with Crippen LogP contribution in [0.3, 0.4) is 0 Å². The third kappa shape index (κ3) is 8.83. The van der Waals surface area contributed by atoms with Gasteiger partial charge in [-0.15, -0.1) is 0 Å². The average molecular weight is 353 g/mol. The summed E-state index contributed by atoms with van der Waals surface area (Å²) in [5, 5.41) is 4.79. The molecule has 0 aromatic carbocycles. The normalized spacial score (nSPS) is 21.8. The standard InChI is InChI=1S/C20H42N5/c1-3-5-9-22-13-17-24(18-14-22)11-7-21-8-12-25-19-15-23(16-20-25)10-6-4-2/h3-20H2,1-2H3. The minimum Gasteiger partial charge on any atom is -0.301 e. The Morgan fingerprint density at radius 1 is 0.520 bits per heavy atom. The molecular formula is C20H42N5. The second-order valence-electron chi connectivity index (χ2n) is 7.74. The van der Waals surface area contributed by atoms with Gasteiger partial charge in [-0.2, -0.15) is 0 Å². The summed E-state index contributed by atoms with van der Waals surface area (Å²) in [6.07, 6.45) is 5.32. The van der Waals surface area contributed by atoms with Gasteiger partial charge in [-0.3, -0.25) is 9.80 Å². The Morgan fingerprint density at radius 2 is 0.840 bits per heavy atom. The quantitative estimate of drug-likeness (QED) is 0.497. The summed E-state index contributed by atoms with van der Waals surface area (Å²) in [5.41, 5.74) is 0. The van der Waals surface area contributed by atoms with Gasteiger partial charge in [0.15, 0.2) is 0 Å².